The SMILES string of the molecule is COC(=O)c1cccc(N2CCC3(CC2)CC(NC(=O)c2nc4c(C)cc(N5CC[C@](C)(c6ccccc6)C5)cn4n2)C3)n1. The van der Waals surface area contributed by atoms with Crippen molar-refractivity contribution >= 4 is 29.0 Å². The number of ether oxygens (including phenoxy) is 1. The number of piperidine rings is 1. The van der Waals surface area contributed by atoms with E-state index in [1.165, 1.54) is 12.7 Å². The van der Waals surface area contributed by atoms with Gasteiger partial charge < -0.3 is 19.9 Å². The third-order valence-corrected chi connectivity index (χ3v) is 10.1. The first kappa shape index (κ1) is 28.3. The number of carbonyl (C=O) groups is 2. The van der Waals surface area contributed by atoms with Crippen LogP contribution in [0.15, 0.2) is 60.8 Å². The summed E-state index contributed by atoms with van der Waals surface area (Å²) in [6.07, 6.45) is 7.04. The van der Waals surface area contributed by atoms with Gasteiger partial charge in [-0.2, -0.15) is 0 Å². The number of hydrogen-bond acceptors (Lipinski definition) is 8. The molecule has 5 heterocycles. The lowest BCUT2D eigenvalue weighted by Gasteiger charge is -2.52. The van der Waals surface area contributed by atoms with Crippen LogP contribution in [-0.2, 0) is 10.2 Å². The molecule has 1 aromatic carbocycles. The molecule has 1 amide bonds. The van der Waals surface area contributed by atoms with Crippen molar-refractivity contribution in [2.45, 2.75) is 57.4 Å². The van der Waals surface area contributed by atoms with Gasteiger partial charge in [0.25, 0.3) is 5.91 Å². The van der Waals surface area contributed by atoms with Gasteiger partial charge in [0.15, 0.2) is 11.3 Å². The molecule has 10 nitrogen and oxygen atoms in total. The molecule has 0 radical (unpaired) electrons. The van der Waals surface area contributed by atoms with Gasteiger partial charge in [0, 0.05) is 37.6 Å². The number of rotatable bonds is 6. The Balaban J connectivity index is 0.961. The van der Waals surface area contributed by atoms with Gasteiger partial charge in [0.05, 0.1) is 19.0 Å². The molecular weight excluding hydrogens is 554 g/mol. The molecule has 1 aliphatic carbocycles. The van der Waals surface area contributed by atoms with Gasteiger partial charge in [-0.15, -0.1) is 5.10 Å². The fourth-order valence-electron chi connectivity index (χ4n) is 7.43. The summed E-state index contributed by atoms with van der Waals surface area (Å²) in [4.78, 5) is 38.8. The summed E-state index contributed by atoms with van der Waals surface area (Å²) in [7, 11) is 1.37. The van der Waals surface area contributed by atoms with Crippen LogP contribution in [0.3, 0.4) is 0 Å². The first-order valence-corrected chi connectivity index (χ1v) is 15.5. The summed E-state index contributed by atoms with van der Waals surface area (Å²) in [5.74, 6) is 0.381. The third-order valence-electron chi connectivity index (χ3n) is 10.1. The highest BCUT2D eigenvalue weighted by Gasteiger charge is 2.46. The van der Waals surface area contributed by atoms with E-state index in [1.807, 2.05) is 25.3 Å². The second kappa shape index (κ2) is 10.9. The zero-order chi connectivity index (χ0) is 30.5. The Morgan fingerprint density at radius 2 is 1.70 bits per heavy atom. The van der Waals surface area contributed by atoms with Crippen molar-refractivity contribution in [3.05, 3.63) is 83.4 Å². The topological polar surface area (TPSA) is 105 Å². The molecule has 2 saturated heterocycles. The number of nitrogens with one attached hydrogen (secondary N) is 1. The number of aryl methyl sites for hydroxylation is 1. The van der Waals surface area contributed by atoms with E-state index >= 15 is 0 Å². The van der Waals surface area contributed by atoms with Gasteiger partial charge in [-0.1, -0.05) is 43.3 Å². The predicted octanol–water partition coefficient (Wildman–Crippen LogP) is 4.57. The maximum atomic E-state index is 13.2. The highest BCUT2D eigenvalue weighted by molar-refractivity contribution is 5.91. The molecular formula is C34H39N7O3. The number of benzene rings is 1. The van der Waals surface area contributed by atoms with Crippen molar-refractivity contribution in [2.75, 3.05) is 43.1 Å². The lowest BCUT2D eigenvalue weighted by molar-refractivity contribution is 0.0470. The second-order valence-electron chi connectivity index (χ2n) is 13.1. The normalized spacial score (nSPS) is 21.4. The summed E-state index contributed by atoms with van der Waals surface area (Å²) in [5.41, 5.74) is 4.84. The lowest BCUT2D eigenvalue weighted by Crippen LogP contribution is -2.55. The number of fused-ring (bicyclic) bond motifs is 1. The van der Waals surface area contributed by atoms with Crippen molar-refractivity contribution in [1.82, 2.24) is 24.9 Å². The molecule has 0 bridgehead atoms. The summed E-state index contributed by atoms with van der Waals surface area (Å²) >= 11 is 0. The highest BCUT2D eigenvalue weighted by Crippen LogP contribution is 2.49. The van der Waals surface area contributed by atoms with Gasteiger partial charge in [0.1, 0.15) is 5.82 Å². The first-order chi connectivity index (χ1) is 21.2. The van der Waals surface area contributed by atoms with Gasteiger partial charge in [-0.3, -0.25) is 4.79 Å². The van der Waals surface area contributed by atoms with Crippen molar-refractivity contribution in [3.8, 4) is 0 Å². The Hall–Kier alpha value is -4.47. The monoisotopic (exact) mass is 593 g/mol. The molecule has 2 aliphatic heterocycles. The standard InChI is InChI=1S/C34H39N7O3/c1-23-18-26(40-15-12-33(2,22-40)24-8-5-4-6-9-24)21-41-30(23)37-29(38-41)31(42)35-25-19-34(20-25)13-16-39(17-14-34)28-11-7-10-27(36-28)32(43)44-3/h4-11,18,21,25H,12-17,19-20,22H2,1-3H3,(H,35,42)/t33-/m0/s1. The number of methoxy groups -OCH3 is 1. The Kier molecular flexibility index (Phi) is 7.02. The van der Waals surface area contributed by atoms with E-state index in [2.05, 4.69) is 73.5 Å². The minimum atomic E-state index is -0.424. The number of hydrogen-bond donors (Lipinski definition) is 1. The molecule has 10 heteroatoms. The number of carbonyl (C=O) groups excluding carboxylic acids is 2. The van der Waals surface area contributed by atoms with Crippen LogP contribution in [0, 0.1) is 12.3 Å². The van der Waals surface area contributed by atoms with Crippen molar-refractivity contribution in [1.29, 1.82) is 0 Å². The zero-order valence-electron chi connectivity index (χ0n) is 25.6. The Morgan fingerprint density at radius 1 is 0.955 bits per heavy atom. The minimum Gasteiger partial charge on any atom is -0.464 e. The summed E-state index contributed by atoms with van der Waals surface area (Å²) in [6, 6.07) is 18.5. The van der Waals surface area contributed by atoms with Crippen LogP contribution < -0.4 is 15.1 Å². The van der Waals surface area contributed by atoms with E-state index in [0.717, 1.165) is 75.4 Å². The van der Waals surface area contributed by atoms with Gasteiger partial charge in [0.2, 0.25) is 5.82 Å². The van der Waals surface area contributed by atoms with Gasteiger partial charge in [-0.25, -0.2) is 19.3 Å². The van der Waals surface area contributed by atoms with Crippen LogP contribution in [0.25, 0.3) is 5.65 Å². The molecule has 1 spiro atoms. The Labute approximate surface area is 257 Å². The summed E-state index contributed by atoms with van der Waals surface area (Å²) in [6.45, 7) is 8.01. The molecule has 7 rings (SSSR count). The molecule has 44 heavy (non-hydrogen) atoms. The van der Waals surface area contributed by atoms with Crippen LogP contribution in [0.5, 0.6) is 0 Å². The maximum absolute atomic E-state index is 13.2. The van der Waals surface area contributed by atoms with E-state index in [9.17, 15) is 9.59 Å². The second-order valence-corrected chi connectivity index (χ2v) is 13.1. The maximum Gasteiger partial charge on any atom is 0.356 e. The van der Waals surface area contributed by atoms with Gasteiger partial charge >= 0.3 is 5.97 Å². The van der Waals surface area contributed by atoms with E-state index in [0.29, 0.717) is 11.3 Å². The van der Waals surface area contributed by atoms with Crippen molar-refractivity contribution < 1.29 is 14.3 Å². The number of pyridine rings is 2. The Morgan fingerprint density at radius 3 is 2.45 bits per heavy atom. The number of anilines is 2. The molecule has 3 aliphatic rings. The van der Waals surface area contributed by atoms with Crippen LogP contribution in [0.1, 0.15) is 71.3 Å². The molecule has 0 unspecified atom stereocenters. The molecule has 4 aromatic rings. The summed E-state index contributed by atoms with van der Waals surface area (Å²) in [5, 5.41) is 7.79. The van der Waals surface area contributed by atoms with Crippen LogP contribution in [-0.4, -0.2) is 70.8 Å². The molecule has 228 valence electrons. The fraction of sp³-hybridized carbons (Fsp3) is 0.441. The molecule has 1 N–H and O–H groups in total. The molecule has 1 saturated carbocycles. The highest BCUT2D eigenvalue weighted by atomic mass is 16.5. The number of nitrogens with zero attached hydrogens (tertiary/aromatic N) is 6. The fourth-order valence-corrected chi connectivity index (χ4v) is 7.43. The van der Waals surface area contributed by atoms with Crippen molar-refractivity contribution in [2.24, 2.45) is 5.41 Å². The predicted molar refractivity (Wildman–Crippen MR) is 168 cm³/mol. The molecule has 1 atom stereocenters. The van der Waals surface area contributed by atoms with Gasteiger partial charge in [-0.05, 0) is 73.8 Å². The molecule has 3 aromatic heterocycles. The molecule has 3 fully saturated rings. The minimum absolute atomic E-state index is 0.0980. The summed E-state index contributed by atoms with van der Waals surface area (Å²) < 4.78 is 6.58. The quantitative estimate of drug-likeness (QED) is 0.325. The van der Waals surface area contributed by atoms with Crippen LogP contribution >= 0.6 is 0 Å². The Bertz CT molecular complexity index is 1700. The van der Waals surface area contributed by atoms with Crippen LogP contribution in [0.2, 0.25) is 0 Å². The van der Waals surface area contributed by atoms with Crippen molar-refractivity contribution in [3.63, 3.8) is 0 Å². The average molecular weight is 594 g/mol. The number of esters is 1. The largest absolute Gasteiger partial charge is 0.464 e. The number of amides is 1. The zero-order valence-corrected chi connectivity index (χ0v) is 25.6. The smallest absolute Gasteiger partial charge is 0.356 e. The van der Waals surface area contributed by atoms with E-state index in [-0.39, 0.29) is 28.6 Å². The lowest BCUT2D eigenvalue weighted by atomic mass is 9.60. The third kappa shape index (κ3) is 5.16. The first-order valence-electron chi connectivity index (χ1n) is 15.5. The van der Waals surface area contributed by atoms with E-state index in [1.54, 1.807) is 10.6 Å². The number of aromatic nitrogens is 4. The van der Waals surface area contributed by atoms with Crippen LogP contribution in [0.4, 0.5) is 11.5 Å². The van der Waals surface area contributed by atoms with E-state index in [4.69, 9.17) is 4.74 Å². The average Bonchev–Trinajstić information content (AvgIpc) is 3.66. The van der Waals surface area contributed by atoms with E-state index < -0.39 is 5.97 Å².